The van der Waals surface area contributed by atoms with Crippen LogP contribution in [0.15, 0.2) is 9.59 Å². The molecular weight excluding hydrogens is 371 g/mol. The second kappa shape index (κ2) is 6.48. The van der Waals surface area contributed by atoms with Gasteiger partial charge in [0, 0.05) is 27.6 Å². The maximum atomic E-state index is 12.4. The molecule has 0 bridgehead atoms. The Bertz CT molecular complexity index is 876. The number of phosphoric ester groups is 1. The molecule has 0 radical (unpaired) electrons. The molecule has 26 heavy (non-hydrogen) atoms. The van der Waals surface area contributed by atoms with Crippen LogP contribution in [0.3, 0.4) is 0 Å². The van der Waals surface area contributed by atoms with Crippen molar-refractivity contribution in [3.05, 3.63) is 20.8 Å². The molecule has 0 aliphatic carbocycles. The lowest BCUT2D eigenvalue weighted by molar-refractivity contribution is -0.0217. The van der Waals surface area contributed by atoms with E-state index in [1.165, 1.54) is 18.7 Å². The third kappa shape index (κ3) is 3.20. The van der Waals surface area contributed by atoms with E-state index in [9.17, 15) is 19.3 Å². The number of rotatable bonds is 4. The number of aliphatic hydroxyl groups excluding tert-OH is 1. The van der Waals surface area contributed by atoms with Gasteiger partial charge in [0.25, 0.3) is 5.56 Å². The molecule has 1 aromatic rings. The van der Waals surface area contributed by atoms with Gasteiger partial charge in [-0.15, -0.1) is 0 Å². The van der Waals surface area contributed by atoms with Crippen LogP contribution >= 0.6 is 7.82 Å². The van der Waals surface area contributed by atoms with Crippen LogP contribution in [0.4, 0.5) is 11.5 Å². The molecule has 1 fully saturated rings. The minimum absolute atomic E-state index is 0.131. The van der Waals surface area contributed by atoms with E-state index >= 15 is 0 Å². The molecule has 0 unspecified atom stereocenters. The Labute approximate surface area is 148 Å². The fourth-order valence-corrected chi connectivity index (χ4v) is 3.64. The van der Waals surface area contributed by atoms with Crippen LogP contribution in [0.25, 0.3) is 0 Å². The fourth-order valence-electron chi connectivity index (χ4n) is 3.30. The molecule has 146 valence electrons. The van der Waals surface area contributed by atoms with Gasteiger partial charge < -0.3 is 29.4 Å². The Morgan fingerprint density at radius 1 is 1.23 bits per heavy atom. The third-order valence-corrected chi connectivity index (χ3v) is 5.07. The molecular formula is C13H21N4O8P. The van der Waals surface area contributed by atoms with Crippen LogP contribution in [0.5, 0.6) is 0 Å². The van der Waals surface area contributed by atoms with Gasteiger partial charge in [0.1, 0.15) is 23.8 Å². The zero-order valence-corrected chi connectivity index (χ0v) is 15.4. The van der Waals surface area contributed by atoms with Crippen molar-refractivity contribution in [2.24, 2.45) is 14.1 Å². The predicted molar refractivity (Wildman–Crippen MR) is 90.0 cm³/mol. The Hall–Kier alpha value is -1.69. The lowest BCUT2D eigenvalue weighted by Crippen LogP contribution is -2.41. The van der Waals surface area contributed by atoms with Crippen molar-refractivity contribution in [2.75, 3.05) is 30.1 Å². The fraction of sp³-hybridized carbons (Fsp3) is 0.692. The van der Waals surface area contributed by atoms with Crippen molar-refractivity contribution in [1.82, 2.24) is 9.13 Å². The summed E-state index contributed by atoms with van der Waals surface area (Å²) in [5, 5.41) is 10.1. The Morgan fingerprint density at radius 2 is 1.88 bits per heavy atom. The Balaban J connectivity index is 1.89. The molecule has 2 aliphatic rings. The number of ether oxygens (including phenoxy) is 1. The Morgan fingerprint density at radius 3 is 2.50 bits per heavy atom. The maximum absolute atomic E-state index is 12.4. The zero-order chi connectivity index (χ0) is 19.4. The minimum atomic E-state index is -4.68. The van der Waals surface area contributed by atoms with E-state index < -0.39 is 44.1 Å². The van der Waals surface area contributed by atoms with E-state index in [2.05, 4.69) is 4.52 Å². The SMILES string of the molecule is CN1CN([C@H]2C[C@H](O)[C@@H](COP(=O)(O)O)O2)c2c1c(=O)n(C)c(=O)n2C. The molecule has 1 aromatic heterocycles. The summed E-state index contributed by atoms with van der Waals surface area (Å²) in [6.07, 6.45) is -2.50. The molecule has 3 rings (SSSR count). The summed E-state index contributed by atoms with van der Waals surface area (Å²) in [5.74, 6) is 0.370. The number of fused-ring (bicyclic) bond motifs is 1. The quantitative estimate of drug-likeness (QED) is 0.486. The van der Waals surface area contributed by atoms with E-state index in [1.54, 1.807) is 16.8 Å². The van der Waals surface area contributed by atoms with E-state index in [0.717, 1.165) is 4.57 Å². The number of phosphoric acid groups is 1. The first kappa shape index (κ1) is 19.1. The summed E-state index contributed by atoms with van der Waals surface area (Å²) in [6.45, 7) is -0.223. The molecule has 0 aromatic carbocycles. The lowest BCUT2D eigenvalue weighted by Gasteiger charge is -2.27. The molecule has 3 N–H and O–H groups in total. The van der Waals surface area contributed by atoms with Crippen LogP contribution in [0.2, 0.25) is 0 Å². The highest BCUT2D eigenvalue weighted by Gasteiger charge is 2.43. The van der Waals surface area contributed by atoms with Crippen LogP contribution in [0.1, 0.15) is 6.42 Å². The molecule has 3 heterocycles. The van der Waals surface area contributed by atoms with Crippen molar-refractivity contribution in [2.45, 2.75) is 24.9 Å². The second-order valence-electron chi connectivity index (χ2n) is 6.41. The van der Waals surface area contributed by atoms with E-state index in [0.29, 0.717) is 11.5 Å². The molecule has 1 saturated heterocycles. The molecule has 0 spiro atoms. The molecule has 0 amide bonds. The van der Waals surface area contributed by atoms with Crippen LogP contribution < -0.4 is 21.0 Å². The van der Waals surface area contributed by atoms with Gasteiger partial charge in [-0.2, -0.15) is 0 Å². The van der Waals surface area contributed by atoms with Crippen molar-refractivity contribution in [3.63, 3.8) is 0 Å². The highest BCUT2D eigenvalue weighted by molar-refractivity contribution is 7.46. The van der Waals surface area contributed by atoms with E-state index in [-0.39, 0.29) is 13.1 Å². The Kier molecular flexibility index (Phi) is 4.76. The molecule has 2 aliphatic heterocycles. The van der Waals surface area contributed by atoms with Gasteiger partial charge in [-0.3, -0.25) is 18.5 Å². The number of anilines is 2. The summed E-state index contributed by atoms with van der Waals surface area (Å²) < 4.78 is 23.3. The normalized spacial score (nSPS) is 25.8. The highest BCUT2D eigenvalue weighted by atomic mass is 31.2. The summed E-state index contributed by atoms with van der Waals surface area (Å²) in [4.78, 5) is 45.6. The van der Waals surface area contributed by atoms with Gasteiger partial charge in [0.2, 0.25) is 0 Å². The van der Waals surface area contributed by atoms with E-state index in [1.807, 2.05) is 0 Å². The summed E-state index contributed by atoms with van der Waals surface area (Å²) in [5.41, 5.74) is -0.593. The minimum Gasteiger partial charge on any atom is -0.390 e. The summed E-state index contributed by atoms with van der Waals surface area (Å²) in [7, 11) is -0.0530. The molecule has 3 atom stereocenters. The van der Waals surface area contributed by atoms with Crippen molar-refractivity contribution >= 4 is 19.3 Å². The van der Waals surface area contributed by atoms with Gasteiger partial charge in [-0.1, -0.05) is 0 Å². The van der Waals surface area contributed by atoms with Crippen LogP contribution in [0, 0.1) is 0 Å². The van der Waals surface area contributed by atoms with Crippen molar-refractivity contribution < 1.29 is 28.7 Å². The average molecular weight is 392 g/mol. The first-order chi connectivity index (χ1) is 12.0. The first-order valence-corrected chi connectivity index (χ1v) is 9.35. The first-order valence-electron chi connectivity index (χ1n) is 7.82. The smallest absolute Gasteiger partial charge is 0.390 e. The largest absolute Gasteiger partial charge is 0.469 e. The molecule has 12 nitrogen and oxygen atoms in total. The average Bonchev–Trinajstić information content (AvgIpc) is 3.08. The van der Waals surface area contributed by atoms with Crippen LogP contribution in [-0.2, 0) is 27.9 Å². The zero-order valence-electron chi connectivity index (χ0n) is 14.5. The van der Waals surface area contributed by atoms with Crippen molar-refractivity contribution in [3.8, 4) is 0 Å². The van der Waals surface area contributed by atoms with Crippen molar-refractivity contribution in [1.29, 1.82) is 0 Å². The summed E-state index contributed by atoms with van der Waals surface area (Å²) >= 11 is 0. The summed E-state index contributed by atoms with van der Waals surface area (Å²) in [6, 6.07) is 0. The lowest BCUT2D eigenvalue weighted by atomic mass is 10.2. The highest BCUT2D eigenvalue weighted by Crippen LogP contribution is 2.39. The second-order valence-corrected chi connectivity index (χ2v) is 7.65. The number of nitrogens with zero attached hydrogens (tertiary/aromatic N) is 4. The maximum Gasteiger partial charge on any atom is 0.469 e. The van der Waals surface area contributed by atoms with E-state index in [4.69, 9.17) is 14.5 Å². The van der Waals surface area contributed by atoms with Crippen LogP contribution in [-0.4, -0.2) is 62.8 Å². The van der Waals surface area contributed by atoms with Gasteiger partial charge in [0.05, 0.1) is 19.4 Å². The monoisotopic (exact) mass is 392 g/mol. The molecule has 13 heteroatoms. The number of hydrogen-bond donors (Lipinski definition) is 3. The van der Waals surface area contributed by atoms with Gasteiger partial charge in [0.15, 0.2) is 0 Å². The number of aromatic nitrogens is 2. The standard InChI is InChI=1S/C13H21N4O8P/c1-14-6-17(11-10(14)12(19)16(3)13(20)15(11)2)9-4-7(18)8(25-9)5-24-26(21,22)23/h7-9,18H,4-6H2,1-3H3,(H2,21,22,23)/t7-,8+,9+/m0/s1. The number of aliphatic hydroxyl groups is 1. The predicted octanol–water partition coefficient (Wildman–Crippen LogP) is -2.12. The third-order valence-electron chi connectivity index (χ3n) is 4.59. The molecule has 0 saturated carbocycles. The van der Waals surface area contributed by atoms with Gasteiger partial charge in [-0.25, -0.2) is 9.36 Å². The topological polar surface area (TPSA) is 147 Å². The number of hydrogen-bond acceptors (Lipinski definition) is 8. The van der Waals surface area contributed by atoms with Gasteiger partial charge in [-0.05, 0) is 0 Å². The van der Waals surface area contributed by atoms with Gasteiger partial charge >= 0.3 is 13.5 Å².